The number of aromatic nitrogens is 1. The van der Waals surface area contributed by atoms with Gasteiger partial charge < -0.3 is 10.7 Å². The van der Waals surface area contributed by atoms with Gasteiger partial charge in [0.2, 0.25) is 0 Å². The van der Waals surface area contributed by atoms with Crippen LogP contribution in [0.4, 0.5) is 0 Å². The lowest BCUT2D eigenvalue weighted by Crippen LogP contribution is -2.12. The second-order valence-electron chi connectivity index (χ2n) is 3.08. The Balaban J connectivity index is 2.69. The van der Waals surface area contributed by atoms with Gasteiger partial charge in [0.25, 0.3) is 0 Å². The molecule has 1 heterocycles. The summed E-state index contributed by atoms with van der Waals surface area (Å²) in [6.07, 6.45) is 7.79. The Morgan fingerprint density at radius 2 is 2.46 bits per heavy atom. The summed E-state index contributed by atoms with van der Waals surface area (Å²) in [5.74, 6) is 0. The molecule has 0 spiro atoms. The monoisotopic (exact) mass is 178 g/mol. The van der Waals surface area contributed by atoms with Crippen LogP contribution in [0.1, 0.15) is 18.9 Å². The number of pyridine rings is 1. The number of hydrogen-bond donors (Lipinski definition) is 2. The summed E-state index contributed by atoms with van der Waals surface area (Å²) in [5, 5.41) is 0. The van der Waals surface area contributed by atoms with Crippen molar-refractivity contribution in [1.82, 2.24) is 4.98 Å². The molecular formula is C10H14N2O. The molecule has 0 aliphatic heterocycles. The highest BCUT2D eigenvalue weighted by molar-refractivity contribution is 5.47. The van der Waals surface area contributed by atoms with Crippen LogP contribution in [0.2, 0.25) is 0 Å². The molecule has 1 aromatic heterocycles. The minimum Gasteiger partial charge on any atom is -0.367 e. The summed E-state index contributed by atoms with van der Waals surface area (Å²) in [5.41, 5.74) is 6.25. The Bertz CT molecular complexity index is 339. The minimum absolute atomic E-state index is 0.0275. The second kappa shape index (κ2) is 4.62. The Morgan fingerprint density at radius 1 is 1.69 bits per heavy atom. The van der Waals surface area contributed by atoms with E-state index >= 15 is 0 Å². The zero-order chi connectivity index (χ0) is 9.68. The number of hydrogen-bond acceptors (Lipinski definition) is 2. The molecule has 0 saturated heterocycles. The largest absolute Gasteiger partial charge is 0.367 e. The van der Waals surface area contributed by atoms with E-state index in [1.54, 1.807) is 18.5 Å². The molecule has 13 heavy (non-hydrogen) atoms. The van der Waals surface area contributed by atoms with Crippen molar-refractivity contribution in [3.63, 3.8) is 0 Å². The van der Waals surface area contributed by atoms with Crippen molar-refractivity contribution < 1.29 is 0 Å². The van der Waals surface area contributed by atoms with Gasteiger partial charge in [-0.3, -0.25) is 4.79 Å². The summed E-state index contributed by atoms with van der Waals surface area (Å²) in [6, 6.07) is 1.64. The molecule has 0 aliphatic rings. The number of H-pyrrole nitrogens is 1. The van der Waals surface area contributed by atoms with Crippen molar-refractivity contribution in [1.29, 1.82) is 0 Å². The first kappa shape index (κ1) is 9.74. The first-order valence-electron chi connectivity index (χ1n) is 4.29. The highest BCUT2D eigenvalue weighted by Crippen LogP contribution is 1.95. The molecule has 3 nitrogen and oxygen atoms in total. The van der Waals surface area contributed by atoms with Crippen molar-refractivity contribution in [3.05, 3.63) is 40.3 Å². The van der Waals surface area contributed by atoms with E-state index in [0.717, 1.165) is 6.42 Å². The maximum Gasteiger partial charge on any atom is 0.188 e. The van der Waals surface area contributed by atoms with Crippen LogP contribution in [0.3, 0.4) is 0 Å². The summed E-state index contributed by atoms with van der Waals surface area (Å²) >= 11 is 0. The van der Waals surface area contributed by atoms with Crippen LogP contribution in [0.5, 0.6) is 0 Å². The summed E-state index contributed by atoms with van der Waals surface area (Å²) in [4.78, 5) is 14.0. The van der Waals surface area contributed by atoms with Gasteiger partial charge in [-0.05, 0) is 13.3 Å². The van der Waals surface area contributed by atoms with Gasteiger partial charge in [-0.1, -0.05) is 12.2 Å². The minimum atomic E-state index is 0.0275. The van der Waals surface area contributed by atoms with Crippen LogP contribution in [0.15, 0.2) is 29.3 Å². The van der Waals surface area contributed by atoms with Gasteiger partial charge in [0, 0.05) is 30.1 Å². The average Bonchev–Trinajstić information content (AvgIpc) is 2.08. The van der Waals surface area contributed by atoms with Crippen molar-refractivity contribution in [2.24, 2.45) is 5.73 Å². The molecule has 70 valence electrons. The summed E-state index contributed by atoms with van der Waals surface area (Å²) in [6.45, 7) is 1.93. The number of nitrogens with one attached hydrogen (secondary N) is 1. The van der Waals surface area contributed by atoms with Crippen molar-refractivity contribution >= 4 is 6.08 Å². The van der Waals surface area contributed by atoms with E-state index in [-0.39, 0.29) is 11.5 Å². The van der Waals surface area contributed by atoms with E-state index in [0.29, 0.717) is 5.56 Å². The molecule has 1 aromatic rings. The van der Waals surface area contributed by atoms with Crippen molar-refractivity contribution in [2.75, 3.05) is 0 Å². The van der Waals surface area contributed by atoms with Crippen LogP contribution in [0, 0.1) is 0 Å². The first-order chi connectivity index (χ1) is 6.20. The lowest BCUT2D eigenvalue weighted by atomic mass is 10.2. The third kappa shape index (κ3) is 3.25. The van der Waals surface area contributed by atoms with Gasteiger partial charge in [-0.15, -0.1) is 0 Å². The van der Waals surface area contributed by atoms with Crippen LogP contribution in [-0.2, 0) is 0 Å². The molecule has 3 N–H and O–H groups in total. The molecule has 0 amide bonds. The molecule has 0 aromatic carbocycles. The van der Waals surface area contributed by atoms with Crippen LogP contribution >= 0.6 is 0 Å². The average molecular weight is 178 g/mol. The molecular weight excluding hydrogens is 164 g/mol. The lowest BCUT2D eigenvalue weighted by Gasteiger charge is -1.97. The SMILES string of the molecule is CC(N)C/C=C/c1c[nH]ccc1=O. The Morgan fingerprint density at radius 3 is 3.08 bits per heavy atom. The Labute approximate surface area is 77.3 Å². The fourth-order valence-electron chi connectivity index (χ4n) is 0.969. The number of rotatable bonds is 3. The molecule has 3 heteroatoms. The highest BCUT2D eigenvalue weighted by Gasteiger charge is 1.92. The number of aromatic amines is 1. The second-order valence-corrected chi connectivity index (χ2v) is 3.08. The standard InChI is InChI=1S/C10H14N2O/c1-8(11)3-2-4-9-7-12-6-5-10(9)13/h2,4-8H,3,11H2,1H3,(H,12,13)/b4-2+. The molecule has 1 unspecified atom stereocenters. The van der Waals surface area contributed by atoms with E-state index in [1.165, 1.54) is 6.07 Å². The lowest BCUT2D eigenvalue weighted by molar-refractivity contribution is 0.759. The fourth-order valence-corrected chi connectivity index (χ4v) is 0.969. The predicted octanol–water partition coefficient (Wildman–Crippen LogP) is 1.13. The molecule has 0 bridgehead atoms. The molecule has 0 saturated carbocycles. The van der Waals surface area contributed by atoms with E-state index < -0.39 is 0 Å². The zero-order valence-electron chi connectivity index (χ0n) is 7.66. The van der Waals surface area contributed by atoms with E-state index in [2.05, 4.69) is 4.98 Å². The van der Waals surface area contributed by atoms with Gasteiger partial charge >= 0.3 is 0 Å². The molecule has 0 aliphatic carbocycles. The van der Waals surface area contributed by atoms with Gasteiger partial charge in [0.1, 0.15) is 0 Å². The highest BCUT2D eigenvalue weighted by atomic mass is 16.1. The smallest absolute Gasteiger partial charge is 0.188 e. The summed E-state index contributed by atoms with van der Waals surface area (Å²) < 4.78 is 0. The predicted molar refractivity (Wildman–Crippen MR) is 54.4 cm³/mol. The zero-order valence-corrected chi connectivity index (χ0v) is 7.66. The molecule has 0 fully saturated rings. The quantitative estimate of drug-likeness (QED) is 0.728. The van der Waals surface area contributed by atoms with Crippen molar-refractivity contribution in [2.45, 2.75) is 19.4 Å². The van der Waals surface area contributed by atoms with Crippen LogP contribution < -0.4 is 11.2 Å². The third-order valence-electron chi connectivity index (χ3n) is 1.66. The van der Waals surface area contributed by atoms with E-state index in [9.17, 15) is 4.79 Å². The maximum absolute atomic E-state index is 11.2. The molecule has 1 rings (SSSR count). The Hall–Kier alpha value is -1.35. The maximum atomic E-state index is 11.2. The summed E-state index contributed by atoms with van der Waals surface area (Å²) in [7, 11) is 0. The van der Waals surface area contributed by atoms with Crippen LogP contribution in [-0.4, -0.2) is 11.0 Å². The molecule has 0 radical (unpaired) electrons. The third-order valence-corrected chi connectivity index (χ3v) is 1.66. The van der Waals surface area contributed by atoms with Crippen LogP contribution in [0.25, 0.3) is 6.08 Å². The normalized spacial score (nSPS) is 13.4. The first-order valence-corrected chi connectivity index (χ1v) is 4.29. The topological polar surface area (TPSA) is 58.9 Å². The Kier molecular flexibility index (Phi) is 3.46. The van der Waals surface area contributed by atoms with Gasteiger partial charge in [0.05, 0.1) is 0 Å². The number of nitrogens with two attached hydrogens (primary N) is 1. The molecule has 1 atom stereocenters. The van der Waals surface area contributed by atoms with Gasteiger partial charge in [-0.25, -0.2) is 0 Å². The van der Waals surface area contributed by atoms with Gasteiger partial charge in [0.15, 0.2) is 5.43 Å². The van der Waals surface area contributed by atoms with E-state index in [1.807, 2.05) is 13.0 Å². The van der Waals surface area contributed by atoms with Crippen molar-refractivity contribution in [3.8, 4) is 0 Å². The fraction of sp³-hybridized carbons (Fsp3) is 0.300. The van der Waals surface area contributed by atoms with Gasteiger partial charge in [-0.2, -0.15) is 0 Å². The van der Waals surface area contributed by atoms with E-state index in [4.69, 9.17) is 5.73 Å².